The summed E-state index contributed by atoms with van der Waals surface area (Å²) in [6.07, 6.45) is 0. The summed E-state index contributed by atoms with van der Waals surface area (Å²) in [6.45, 7) is 2.08. The molecule has 1 N–H and O–H groups in total. The number of hydrogen-bond acceptors (Lipinski definition) is 3. The normalized spacial score (nSPS) is 11.6. The average molecular weight is 414 g/mol. The van der Waals surface area contributed by atoms with Gasteiger partial charge in [0.2, 0.25) is 0 Å². The third-order valence-corrected chi connectivity index (χ3v) is 4.72. The van der Waals surface area contributed by atoms with Gasteiger partial charge in [0.1, 0.15) is 23.9 Å². The molecule has 0 aromatic heterocycles. The van der Waals surface area contributed by atoms with Crippen molar-refractivity contribution in [2.45, 2.75) is 19.6 Å². The maximum atomic E-state index is 13.1. The van der Waals surface area contributed by atoms with Gasteiger partial charge in [0.25, 0.3) is 5.91 Å². The Kier molecular flexibility index (Phi) is 6.73. The quantitative estimate of drug-likeness (QED) is 0.551. The van der Waals surface area contributed by atoms with E-state index in [2.05, 4.69) is 5.32 Å². The van der Waals surface area contributed by atoms with E-state index in [9.17, 15) is 9.18 Å². The Morgan fingerprint density at radius 3 is 2.41 bits per heavy atom. The number of carbonyl (C=O) groups is 1. The number of nitrogens with one attached hydrogen (secondary N) is 1. The van der Waals surface area contributed by atoms with Crippen LogP contribution in [0.2, 0.25) is 5.02 Å². The van der Waals surface area contributed by atoms with Gasteiger partial charge >= 0.3 is 0 Å². The molecule has 1 amide bonds. The first-order valence-electron chi connectivity index (χ1n) is 9.08. The van der Waals surface area contributed by atoms with Gasteiger partial charge in [-0.3, -0.25) is 4.79 Å². The van der Waals surface area contributed by atoms with Gasteiger partial charge in [-0.15, -0.1) is 0 Å². The fourth-order valence-electron chi connectivity index (χ4n) is 2.84. The molecule has 0 spiro atoms. The fraction of sp³-hybridized carbons (Fsp3) is 0.174. The Morgan fingerprint density at radius 2 is 1.76 bits per heavy atom. The minimum atomic E-state index is -0.312. The van der Waals surface area contributed by atoms with Crippen LogP contribution in [-0.2, 0) is 6.61 Å². The van der Waals surface area contributed by atoms with E-state index in [1.807, 2.05) is 6.92 Å². The predicted octanol–water partition coefficient (Wildman–Crippen LogP) is 5.56. The molecule has 0 radical (unpaired) electrons. The lowest BCUT2D eigenvalue weighted by Crippen LogP contribution is -2.26. The first-order chi connectivity index (χ1) is 14.0. The van der Waals surface area contributed by atoms with Gasteiger partial charge in [-0.1, -0.05) is 23.7 Å². The zero-order valence-electron chi connectivity index (χ0n) is 16.1. The van der Waals surface area contributed by atoms with Gasteiger partial charge < -0.3 is 14.8 Å². The minimum absolute atomic E-state index is 0.236. The van der Waals surface area contributed by atoms with E-state index in [0.717, 1.165) is 11.1 Å². The summed E-state index contributed by atoms with van der Waals surface area (Å²) in [6, 6.07) is 18.0. The van der Waals surface area contributed by atoms with Crippen molar-refractivity contribution < 1.29 is 18.7 Å². The van der Waals surface area contributed by atoms with Gasteiger partial charge in [0.15, 0.2) is 0 Å². The van der Waals surface area contributed by atoms with E-state index >= 15 is 0 Å². The zero-order chi connectivity index (χ0) is 20.8. The van der Waals surface area contributed by atoms with Crippen LogP contribution in [0, 0.1) is 5.82 Å². The molecule has 3 aromatic rings. The van der Waals surface area contributed by atoms with E-state index in [-0.39, 0.29) is 24.4 Å². The van der Waals surface area contributed by atoms with E-state index < -0.39 is 0 Å². The summed E-state index contributed by atoms with van der Waals surface area (Å²) < 4.78 is 24.3. The first kappa shape index (κ1) is 20.7. The lowest BCUT2D eigenvalue weighted by Gasteiger charge is -2.16. The third kappa shape index (κ3) is 5.48. The second-order valence-corrected chi connectivity index (χ2v) is 6.95. The van der Waals surface area contributed by atoms with E-state index in [0.29, 0.717) is 22.1 Å². The monoisotopic (exact) mass is 413 g/mol. The Balaban J connectivity index is 1.71. The van der Waals surface area contributed by atoms with E-state index in [4.69, 9.17) is 21.1 Å². The topological polar surface area (TPSA) is 47.6 Å². The molecule has 0 saturated carbocycles. The van der Waals surface area contributed by atoms with Crippen LogP contribution in [0.4, 0.5) is 4.39 Å². The van der Waals surface area contributed by atoms with Crippen molar-refractivity contribution in [2.75, 3.05) is 7.11 Å². The average Bonchev–Trinajstić information content (AvgIpc) is 2.73. The number of ether oxygens (including phenoxy) is 2. The van der Waals surface area contributed by atoms with Crippen molar-refractivity contribution in [1.82, 2.24) is 5.32 Å². The van der Waals surface area contributed by atoms with Crippen LogP contribution in [0.25, 0.3) is 0 Å². The summed E-state index contributed by atoms with van der Waals surface area (Å²) in [7, 11) is 1.57. The van der Waals surface area contributed by atoms with Crippen molar-refractivity contribution in [2.24, 2.45) is 0 Å². The number of rotatable bonds is 7. The van der Waals surface area contributed by atoms with Gasteiger partial charge in [-0.05, 0) is 67.1 Å². The summed E-state index contributed by atoms with van der Waals surface area (Å²) in [5.74, 6) is 0.739. The van der Waals surface area contributed by atoms with Gasteiger partial charge in [-0.25, -0.2) is 4.39 Å². The molecule has 0 aliphatic rings. The third-order valence-electron chi connectivity index (χ3n) is 4.47. The molecule has 3 rings (SSSR count). The molecule has 0 bridgehead atoms. The van der Waals surface area contributed by atoms with Gasteiger partial charge in [-0.2, -0.15) is 0 Å². The highest BCUT2D eigenvalue weighted by Gasteiger charge is 2.14. The van der Waals surface area contributed by atoms with Crippen molar-refractivity contribution in [3.05, 3.63) is 94.3 Å². The van der Waals surface area contributed by atoms with Gasteiger partial charge in [0.05, 0.1) is 13.2 Å². The maximum Gasteiger partial charge on any atom is 0.251 e. The number of benzene rings is 3. The predicted molar refractivity (Wildman–Crippen MR) is 111 cm³/mol. The molecule has 150 valence electrons. The number of amides is 1. The van der Waals surface area contributed by atoms with Gasteiger partial charge in [0, 0.05) is 16.1 Å². The summed E-state index contributed by atoms with van der Waals surface area (Å²) in [4.78, 5) is 12.7. The summed E-state index contributed by atoms with van der Waals surface area (Å²) in [5, 5.41) is 3.55. The molecule has 0 aliphatic carbocycles. The Bertz CT molecular complexity index is 974. The van der Waals surface area contributed by atoms with Crippen LogP contribution < -0.4 is 14.8 Å². The molecule has 0 fully saturated rings. The molecule has 0 heterocycles. The molecule has 3 aromatic carbocycles. The number of methoxy groups -OCH3 is 1. The molecule has 29 heavy (non-hydrogen) atoms. The highest BCUT2D eigenvalue weighted by atomic mass is 35.5. The molecule has 6 heteroatoms. The highest BCUT2D eigenvalue weighted by molar-refractivity contribution is 6.30. The SMILES string of the molecule is COc1ccc(C(=O)N[C@H](C)c2ccc(F)cc2)cc1COc1ccc(Cl)cc1. The molecule has 0 aliphatic heterocycles. The van der Waals surface area contributed by atoms with Crippen LogP contribution in [0.3, 0.4) is 0 Å². The Labute approximate surface area is 174 Å². The van der Waals surface area contributed by atoms with Crippen molar-refractivity contribution in [3.63, 3.8) is 0 Å². The standard InChI is InChI=1S/C23H21ClFNO3/c1-15(16-3-8-20(25)9-4-16)26-23(27)17-5-12-22(28-2)18(13-17)14-29-21-10-6-19(24)7-11-21/h3-13,15H,14H2,1-2H3,(H,26,27)/t15-/m1/s1. The highest BCUT2D eigenvalue weighted by Crippen LogP contribution is 2.24. The molecule has 1 atom stereocenters. The Morgan fingerprint density at radius 1 is 1.07 bits per heavy atom. The largest absolute Gasteiger partial charge is 0.496 e. The van der Waals surface area contributed by atoms with Crippen molar-refractivity contribution in [3.8, 4) is 11.5 Å². The van der Waals surface area contributed by atoms with Crippen molar-refractivity contribution >= 4 is 17.5 Å². The Hall–Kier alpha value is -3.05. The number of hydrogen-bond donors (Lipinski definition) is 1. The molecular weight excluding hydrogens is 393 g/mol. The number of carbonyl (C=O) groups excluding carboxylic acids is 1. The smallest absolute Gasteiger partial charge is 0.251 e. The number of halogens is 2. The zero-order valence-corrected chi connectivity index (χ0v) is 16.9. The van der Waals surface area contributed by atoms with Crippen LogP contribution in [0.5, 0.6) is 11.5 Å². The lowest BCUT2D eigenvalue weighted by atomic mass is 10.1. The minimum Gasteiger partial charge on any atom is -0.496 e. The molecule has 4 nitrogen and oxygen atoms in total. The second kappa shape index (κ2) is 9.43. The molecule has 0 saturated heterocycles. The van der Waals surface area contributed by atoms with Crippen LogP contribution in [0.15, 0.2) is 66.7 Å². The second-order valence-electron chi connectivity index (χ2n) is 6.52. The van der Waals surface area contributed by atoms with Crippen LogP contribution in [0.1, 0.15) is 34.5 Å². The lowest BCUT2D eigenvalue weighted by molar-refractivity contribution is 0.0939. The van der Waals surface area contributed by atoms with E-state index in [1.54, 1.807) is 61.7 Å². The first-order valence-corrected chi connectivity index (χ1v) is 9.45. The van der Waals surface area contributed by atoms with Crippen LogP contribution >= 0.6 is 11.6 Å². The van der Waals surface area contributed by atoms with Crippen molar-refractivity contribution in [1.29, 1.82) is 0 Å². The summed E-state index contributed by atoms with van der Waals surface area (Å²) >= 11 is 5.89. The maximum absolute atomic E-state index is 13.1. The summed E-state index contributed by atoms with van der Waals surface area (Å²) in [5.41, 5.74) is 2.04. The van der Waals surface area contributed by atoms with Crippen LogP contribution in [-0.4, -0.2) is 13.0 Å². The molecule has 0 unspecified atom stereocenters. The molecular formula is C23H21ClFNO3. The fourth-order valence-corrected chi connectivity index (χ4v) is 2.97. The van der Waals surface area contributed by atoms with E-state index in [1.165, 1.54) is 12.1 Å².